The number of aliphatic hydroxyl groups excluding tert-OH is 1. The number of aromatic nitrogens is 2. The van der Waals surface area contributed by atoms with E-state index in [0.717, 1.165) is 50.4 Å². The number of carbonyl (C=O) groups is 1. The molecule has 1 saturated carbocycles. The van der Waals surface area contributed by atoms with Gasteiger partial charge in [-0.15, -0.1) is 0 Å². The number of amides is 1. The lowest BCUT2D eigenvalue weighted by molar-refractivity contribution is -0.144. The maximum atomic E-state index is 12.5. The van der Waals surface area contributed by atoms with Crippen LogP contribution in [0.5, 0.6) is 0 Å². The van der Waals surface area contributed by atoms with Crippen molar-refractivity contribution in [1.29, 1.82) is 0 Å². The third-order valence-corrected chi connectivity index (χ3v) is 5.03. The Labute approximate surface area is 137 Å². The Morgan fingerprint density at radius 2 is 1.91 bits per heavy atom. The number of carbonyl (C=O) groups excluding carboxylic acids is 1. The number of rotatable bonds is 3. The first-order chi connectivity index (χ1) is 11.1. The summed E-state index contributed by atoms with van der Waals surface area (Å²) in [5.74, 6) is 1.74. The fourth-order valence-corrected chi connectivity index (χ4v) is 3.61. The van der Waals surface area contributed by atoms with Gasteiger partial charge in [0.25, 0.3) is 5.91 Å². The molecule has 1 aromatic heterocycles. The highest BCUT2D eigenvalue weighted by atomic mass is 16.3. The Morgan fingerprint density at radius 3 is 2.57 bits per heavy atom. The van der Waals surface area contributed by atoms with Crippen molar-refractivity contribution in [1.82, 2.24) is 14.9 Å². The maximum absolute atomic E-state index is 12.5. The average Bonchev–Trinajstić information content (AvgIpc) is 2.61. The molecule has 0 radical (unpaired) electrons. The molecule has 126 valence electrons. The van der Waals surface area contributed by atoms with Crippen LogP contribution >= 0.6 is 0 Å². The number of piperazine rings is 1. The van der Waals surface area contributed by atoms with Gasteiger partial charge in [0.05, 0.1) is 0 Å². The highest BCUT2D eigenvalue weighted by molar-refractivity contribution is 5.81. The molecule has 6 heteroatoms. The third-order valence-electron chi connectivity index (χ3n) is 5.03. The van der Waals surface area contributed by atoms with E-state index in [1.54, 1.807) is 6.20 Å². The largest absolute Gasteiger partial charge is 0.383 e. The molecule has 1 amide bonds. The average molecular weight is 318 g/mol. The zero-order valence-electron chi connectivity index (χ0n) is 13.8. The van der Waals surface area contributed by atoms with Gasteiger partial charge in [-0.05, 0) is 31.7 Å². The Hall–Kier alpha value is -1.69. The van der Waals surface area contributed by atoms with Crippen molar-refractivity contribution >= 4 is 11.7 Å². The van der Waals surface area contributed by atoms with Gasteiger partial charge < -0.3 is 14.9 Å². The van der Waals surface area contributed by atoms with Crippen LogP contribution in [-0.4, -0.2) is 58.2 Å². The van der Waals surface area contributed by atoms with Crippen LogP contribution < -0.4 is 4.90 Å². The van der Waals surface area contributed by atoms with Gasteiger partial charge in [-0.3, -0.25) is 4.79 Å². The Kier molecular flexibility index (Phi) is 5.10. The second kappa shape index (κ2) is 7.25. The number of nitrogens with zero attached hydrogens (tertiary/aromatic N) is 4. The van der Waals surface area contributed by atoms with E-state index in [2.05, 4.69) is 14.9 Å². The van der Waals surface area contributed by atoms with E-state index < -0.39 is 6.10 Å². The molecule has 6 nitrogen and oxygen atoms in total. The van der Waals surface area contributed by atoms with Crippen molar-refractivity contribution in [3.8, 4) is 0 Å². The summed E-state index contributed by atoms with van der Waals surface area (Å²) in [7, 11) is 0. The maximum Gasteiger partial charge on any atom is 0.251 e. The van der Waals surface area contributed by atoms with Gasteiger partial charge in [-0.2, -0.15) is 0 Å². The molecule has 0 bridgehead atoms. The summed E-state index contributed by atoms with van der Waals surface area (Å²) in [6.45, 7) is 4.67. The van der Waals surface area contributed by atoms with E-state index in [-0.39, 0.29) is 11.8 Å². The SMILES string of the molecule is Cc1nccc(N2CCN(C(=O)C(O)C3CCCCC3)CC2)n1. The van der Waals surface area contributed by atoms with Gasteiger partial charge in [0.1, 0.15) is 17.7 Å². The number of aryl methyl sites for hydroxylation is 1. The zero-order chi connectivity index (χ0) is 16.2. The van der Waals surface area contributed by atoms with Crippen LogP contribution in [0.3, 0.4) is 0 Å². The molecular formula is C17H26N4O2. The Balaban J connectivity index is 1.54. The summed E-state index contributed by atoms with van der Waals surface area (Å²) in [6.07, 6.45) is 6.41. The minimum atomic E-state index is -0.817. The minimum Gasteiger partial charge on any atom is -0.383 e. The summed E-state index contributed by atoms with van der Waals surface area (Å²) in [4.78, 5) is 25.1. The number of aliphatic hydroxyl groups is 1. The lowest BCUT2D eigenvalue weighted by atomic mass is 9.85. The molecule has 2 aliphatic rings. The molecule has 2 heterocycles. The molecule has 3 rings (SSSR count). The lowest BCUT2D eigenvalue weighted by Crippen LogP contribution is -2.53. The van der Waals surface area contributed by atoms with Crippen molar-refractivity contribution < 1.29 is 9.90 Å². The second-order valence-electron chi connectivity index (χ2n) is 6.62. The fraction of sp³-hybridized carbons (Fsp3) is 0.706. The molecule has 0 spiro atoms. The lowest BCUT2D eigenvalue weighted by Gasteiger charge is -2.37. The van der Waals surface area contributed by atoms with E-state index in [0.29, 0.717) is 13.1 Å². The highest BCUT2D eigenvalue weighted by Crippen LogP contribution is 2.27. The molecule has 2 fully saturated rings. The molecule has 1 atom stereocenters. The van der Waals surface area contributed by atoms with E-state index in [4.69, 9.17) is 0 Å². The van der Waals surface area contributed by atoms with Crippen molar-refractivity contribution in [2.24, 2.45) is 5.92 Å². The van der Waals surface area contributed by atoms with E-state index in [1.807, 2.05) is 17.9 Å². The van der Waals surface area contributed by atoms with Crippen molar-refractivity contribution in [2.75, 3.05) is 31.1 Å². The smallest absolute Gasteiger partial charge is 0.251 e. The Morgan fingerprint density at radius 1 is 1.22 bits per heavy atom. The van der Waals surface area contributed by atoms with Crippen molar-refractivity contribution in [3.05, 3.63) is 18.1 Å². The summed E-state index contributed by atoms with van der Waals surface area (Å²) < 4.78 is 0. The molecular weight excluding hydrogens is 292 g/mol. The quantitative estimate of drug-likeness (QED) is 0.912. The van der Waals surface area contributed by atoms with Gasteiger partial charge >= 0.3 is 0 Å². The molecule has 1 unspecified atom stereocenters. The normalized spacial score (nSPS) is 21.3. The van der Waals surface area contributed by atoms with Gasteiger partial charge in [0.15, 0.2) is 0 Å². The predicted molar refractivity (Wildman–Crippen MR) is 88.1 cm³/mol. The van der Waals surface area contributed by atoms with Gasteiger partial charge in [0.2, 0.25) is 0 Å². The summed E-state index contributed by atoms with van der Waals surface area (Å²) in [5, 5.41) is 10.4. The first-order valence-electron chi connectivity index (χ1n) is 8.66. The highest BCUT2D eigenvalue weighted by Gasteiger charge is 2.32. The molecule has 1 saturated heterocycles. The van der Waals surface area contributed by atoms with E-state index in [1.165, 1.54) is 6.42 Å². The fourth-order valence-electron chi connectivity index (χ4n) is 3.61. The van der Waals surface area contributed by atoms with Crippen molar-refractivity contribution in [2.45, 2.75) is 45.1 Å². The number of hydrogen-bond donors (Lipinski definition) is 1. The van der Waals surface area contributed by atoms with Gasteiger partial charge in [-0.25, -0.2) is 9.97 Å². The monoisotopic (exact) mass is 318 g/mol. The van der Waals surface area contributed by atoms with Crippen LogP contribution in [0.2, 0.25) is 0 Å². The topological polar surface area (TPSA) is 69.6 Å². The molecule has 23 heavy (non-hydrogen) atoms. The number of hydrogen-bond acceptors (Lipinski definition) is 5. The first-order valence-corrected chi connectivity index (χ1v) is 8.66. The molecule has 1 N–H and O–H groups in total. The predicted octanol–water partition coefficient (Wildman–Crippen LogP) is 1.37. The summed E-state index contributed by atoms with van der Waals surface area (Å²) in [5.41, 5.74) is 0. The van der Waals surface area contributed by atoms with Crippen LogP contribution in [0, 0.1) is 12.8 Å². The molecule has 0 aromatic carbocycles. The van der Waals surface area contributed by atoms with Crippen molar-refractivity contribution in [3.63, 3.8) is 0 Å². The summed E-state index contributed by atoms with van der Waals surface area (Å²) in [6, 6.07) is 1.90. The third kappa shape index (κ3) is 3.80. The zero-order valence-corrected chi connectivity index (χ0v) is 13.8. The molecule has 1 aromatic rings. The number of anilines is 1. The van der Waals surface area contributed by atoms with E-state index in [9.17, 15) is 9.90 Å². The van der Waals surface area contributed by atoms with Crippen LogP contribution in [0.4, 0.5) is 5.82 Å². The van der Waals surface area contributed by atoms with E-state index >= 15 is 0 Å². The van der Waals surface area contributed by atoms with Gasteiger partial charge in [-0.1, -0.05) is 19.3 Å². The minimum absolute atomic E-state index is 0.0876. The van der Waals surface area contributed by atoms with Crippen LogP contribution in [0.15, 0.2) is 12.3 Å². The van der Waals surface area contributed by atoms with Crippen LogP contribution in [0.25, 0.3) is 0 Å². The second-order valence-corrected chi connectivity index (χ2v) is 6.62. The summed E-state index contributed by atoms with van der Waals surface area (Å²) >= 11 is 0. The molecule has 1 aliphatic carbocycles. The first kappa shape index (κ1) is 16.2. The van der Waals surface area contributed by atoms with Crippen LogP contribution in [0.1, 0.15) is 37.9 Å². The molecule has 1 aliphatic heterocycles. The van der Waals surface area contributed by atoms with Crippen LogP contribution in [-0.2, 0) is 4.79 Å². The van der Waals surface area contributed by atoms with Gasteiger partial charge in [0, 0.05) is 32.4 Å². The Bertz CT molecular complexity index is 537. The standard InChI is InChI=1S/C17H26N4O2/c1-13-18-8-7-15(19-13)20-9-11-21(12-10-20)17(23)16(22)14-5-3-2-4-6-14/h7-8,14,16,22H,2-6,9-12H2,1H3.